The van der Waals surface area contributed by atoms with Crippen LogP contribution in [0.5, 0.6) is 5.75 Å². The minimum Gasteiger partial charge on any atom is -0.391 e. The van der Waals surface area contributed by atoms with E-state index in [0.29, 0.717) is 17.9 Å². The van der Waals surface area contributed by atoms with Crippen LogP contribution in [0, 0.1) is 18.3 Å². The Hall–Kier alpha value is -2.41. The smallest absolute Gasteiger partial charge is 0.187 e. The number of benzene rings is 1. The molecule has 0 aliphatic carbocycles. The van der Waals surface area contributed by atoms with Gasteiger partial charge in [0.15, 0.2) is 10.9 Å². The van der Waals surface area contributed by atoms with E-state index in [0.717, 1.165) is 39.1 Å². The number of aliphatic hydroxyl groups is 1. The van der Waals surface area contributed by atoms with E-state index in [1.54, 1.807) is 17.5 Å². The Morgan fingerprint density at radius 3 is 3.19 bits per heavy atom. The highest BCUT2D eigenvalue weighted by Crippen LogP contribution is 2.40. The van der Waals surface area contributed by atoms with Gasteiger partial charge >= 0.3 is 0 Å². The highest BCUT2D eigenvalue weighted by Gasteiger charge is 2.23. The quantitative estimate of drug-likeness (QED) is 0.690. The number of nitrogens with one attached hydrogen (secondary N) is 2. The van der Waals surface area contributed by atoms with E-state index in [1.807, 2.05) is 25.3 Å². The first-order valence-electron chi connectivity index (χ1n) is 8.14. The van der Waals surface area contributed by atoms with E-state index in [1.165, 1.54) is 11.9 Å². The van der Waals surface area contributed by atoms with Crippen molar-refractivity contribution in [3.63, 3.8) is 0 Å². The zero-order valence-electron chi connectivity index (χ0n) is 14.0. The maximum absolute atomic E-state index is 9.67. The first-order valence-corrected chi connectivity index (χ1v) is 9.77. The van der Waals surface area contributed by atoms with E-state index in [2.05, 4.69) is 26.2 Å². The molecule has 0 saturated carbocycles. The molecule has 0 amide bonds. The summed E-state index contributed by atoms with van der Waals surface area (Å²) in [6, 6.07) is 6.09. The summed E-state index contributed by atoms with van der Waals surface area (Å²) in [4.78, 5) is 12.1. The Morgan fingerprint density at radius 2 is 2.42 bits per heavy atom. The van der Waals surface area contributed by atoms with Crippen LogP contribution in [-0.4, -0.2) is 29.3 Å². The highest BCUT2D eigenvalue weighted by atomic mass is 32.2. The van der Waals surface area contributed by atoms with Crippen LogP contribution >= 0.6 is 23.3 Å². The van der Waals surface area contributed by atoms with Crippen molar-refractivity contribution in [3.8, 4) is 11.8 Å². The van der Waals surface area contributed by atoms with Crippen molar-refractivity contribution in [2.75, 3.05) is 22.7 Å². The first-order chi connectivity index (χ1) is 12.7. The van der Waals surface area contributed by atoms with Gasteiger partial charge in [0.25, 0.3) is 0 Å². The molecule has 1 aromatic carbocycles. The summed E-state index contributed by atoms with van der Waals surface area (Å²) in [5.41, 5.74) is 5.80. The Morgan fingerprint density at radius 1 is 1.54 bits per heavy atom. The summed E-state index contributed by atoms with van der Waals surface area (Å²) in [5.74, 6) is 0.615. The Bertz CT molecular complexity index is 905. The van der Waals surface area contributed by atoms with Crippen molar-refractivity contribution in [1.29, 1.82) is 5.26 Å². The second-order valence-electron chi connectivity index (χ2n) is 6.08. The third-order valence-corrected chi connectivity index (χ3v) is 6.27. The van der Waals surface area contributed by atoms with Crippen molar-refractivity contribution in [2.45, 2.75) is 23.7 Å². The van der Waals surface area contributed by atoms with Gasteiger partial charge in [0.05, 0.1) is 29.8 Å². The van der Waals surface area contributed by atoms with Crippen LogP contribution in [0.1, 0.15) is 17.5 Å². The Balaban J connectivity index is 1.50. The summed E-state index contributed by atoms with van der Waals surface area (Å²) in [7, 11) is 0. The molecule has 0 unspecified atom stereocenters. The molecule has 26 heavy (non-hydrogen) atoms. The minimum atomic E-state index is -0.265. The van der Waals surface area contributed by atoms with E-state index in [4.69, 9.17) is 4.84 Å². The number of nitriles is 1. The minimum absolute atomic E-state index is 0.265. The van der Waals surface area contributed by atoms with Crippen LogP contribution in [0.25, 0.3) is 5.57 Å². The molecule has 2 aliphatic heterocycles. The molecule has 1 atom stereocenters. The van der Waals surface area contributed by atoms with Crippen molar-refractivity contribution < 1.29 is 9.94 Å². The average molecular weight is 387 g/mol. The molecule has 0 spiro atoms. The largest absolute Gasteiger partial charge is 0.391 e. The molecule has 2 aliphatic rings. The van der Waals surface area contributed by atoms with Gasteiger partial charge in [-0.05, 0) is 36.9 Å². The lowest BCUT2D eigenvalue weighted by Gasteiger charge is -2.20. The molecule has 1 aromatic heterocycles. The number of thiazole rings is 1. The van der Waals surface area contributed by atoms with Gasteiger partial charge < -0.3 is 19.6 Å². The molecule has 7 nitrogen and oxygen atoms in total. The standard InChI is InChI=1S/C17H17N5O2S2/c1-10-2-3-13(16-15(10)11(6-18)7-20-24-16)21-26-14-8-19-17(25-14)22-5-4-12(23)9-22/h2-3,7-8,12,20-21,23H,4-5,9H2,1H3/t12-/m1/s1. The molecule has 9 heteroatoms. The summed E-state index contributed by atoms with van der Waals surface area (Å²) in [5, 5.41) is 19.9. The predicted octanol–water partition coefficient (Wildman–Crippen LogP) is 2.90. The fourth-order valence-electron chi connectivity index (χ4n) is 2.97. The van der Waals surface area contributed by atoms with E-state index in [9.17, 15) is 10.4 Å². The summed E-state index contributed by atoms with van der Waals surface area (Å²) >= 11 is 3.03. The van der Waals surface area contributed by atoms with Crippen LogP contribution in [0.2, 0.25) is 0 Å². The summed E-state index contributed by atoms with van der Waals surface area (Å²) < 4.78 is 4.30. The van der Waals surface area contributed by atoms with E-state index in [-0.39, 0.29) is 6.10 Å². The number of rotatable bonds is 4. The van der Waals surface area contributed by atoms with Crippen molar-refractivity contribution in [3.05, 3.63) is 35.7 Å². The Kier molecular flexibility index (Phi) is 4.63. The molecular formula is C17H17N5O2S2. The van der Waals surface area contributed by atoms with Crippen molar-refractivity contribution in [1.82, 2.24) is 10.5 Å². The molecule has 1 fully saturated rings. The number of aromatic nitrogens is 1. The molecule has 4 rings (SSSR count). The second-order valence-corrected chi connectivity index (χ2v) is 8.19. The maximum Gasteiger partial charge on any atom is 0.187 e. The zero-order chi connectivity index (χ0) is 18.1. The number of anilines is 2. The molecular weight excluding hydrogens is 370 g/mol. The van der Waals surface area contributed by atoms with Crippen LogP contribution in [0.4, 0.5) is 10.8 Å². The molecule has 2 aromatic rings. The SMILES string of the molecule is Cc1ccc(NSc2cnc(N3CC[C@@H](O)C3)s2)c2c1C(C#N)=CNO2. The fraction of sp³-hybridized carbons (Fsp3) is 0.294. The fourth-order valence-corrected chi connectivity index (χ4v) is 4.65. The predicted molar refractivity (Wildman–Crippen MR) is 103 cm³/mol. The van der Waals surface area contributed by atoms with Crippen LogP contribution in [0.3, 0.4) is 0 Å². The van der Waals surface area contributed by atoms with Crippen LogP contribution in [-0.2, 0) is 0 Å². The number of nitrogens with zero attached hydrogens (tertiary/aromatic N) is 3. The number of aliphatic hydroxyl groups excluding tert-OH is 1. The topological polar surface area (TPSA) is 93.4 Å². The number of hydroxylamine groups is 1. The normalized spacial score (nSPS) is 18.4. The van der Waals surface area contributed by atoms with Gasteiger partial charge in [-0.25, -0.2) is 10.5 Å². The van der Waals surface area contributed by atoms with Crippen molar-refractivity contribution in [2.24, 2.45) is 0 Å². The van der Waals surface area contributed by atoms with E-state index >= 15 is 0 Å². The molecule has 1 saturated heterocycles. The van der Waals surface area contributed by atoms with Gasteiger partial charge in [-0.1, -0.05) is 17.4 Å². The lowest BCUT2D eigenvalue weighted by atomic mass is 9.99. The van der Waals surface area contributed by atoms with Crippen LogP contribution in [0.15, 0.2) is 28.7 Å². The Labute approximate surface area is 159 Å². The number of β-amino-alcohol motifs (C(OH)–C–C–N with tert-alkyl or cyclic N) is 1. The maximum atomic E-state index is 9.67. The lowest BCUT2D eigenvalue weighted by Crippen LogP contribution is -2.20. The third kappa shape index (κ3) is 3.19. The third-order valence-electron chi connectivity index (χ3n) is 4.29. The molecule has 3 heterocycles. The number of hydrogen-bond donors (Lipinski definition) is 3. The summed E-state index contributed by atoms with van der Waals surface area (Å²) in [6.45, 7) is 3.43. The van der Waals surface area contributed by atoms with Crippen molar-refractivity contribution >= 4 is 39.7 Å². The number of allylic oxidation sites excluding steroid dienone is 1. The van der Waals surface area contributed by atoms with E-state index < -0.39 is 0 Å². The van der Waals surface area contributed by atoms with Gasteiger partial charge in [0.1, 0.15) is 10.3 Å². The number of hydrogen-bond acceptors (Lipinski definition) is 9. The van der Waals surface area contributed by atoms with Gasteiger partial charge in [0.2, 0.25) is 0 Å². The molecule has 3 N–H and O–H groups in total. The van der Waals surface area contributed by atoms with Gasteiger partial charge in [-0.3, -0.25) is 0 Å². The van der Waals surface area contributed by atoms with Gasteiger partial charge in [-0.15, -0.1) is 0 Å². The number of fused-ring (bicyclic) bond motifs is 1. The highest BCUT2D eigenvalue weighted by molar-refractivity contribution is 8.02. The monoisotopic (exact) mass is 387 g/mol. The molecule has 134 valence electrons. The lowest BCUT2D eigenvalue weighted by molar-refractivity contribution is 0.198. The first kappa shape index (κ1) is 17.0. The zero-order valence-corrected chi connectivity index (χ0v) is 15.7. The van der Waals surface area contributed by atoms with Gasteiger partial charge in [-0.2, -0.15) is 5.26 Å². The van der Waals surface area contributed by atoms with Crippen LogP contribution < -0.4 is 19.9 Å². The number of aryl methyl sites for hydroxylation is 1. The molecule has 0 radical (unpaired) electrons. The second kappa shape index (κ2) is 7.07. The average Bonchev–Trinajstić information content (AvgIpc) is 3.29. The molecule has 0 bridgehead atoms. The summed E-state index contributed by atoms with van der Waals surface area (Å²) in [6.07, 6.45) is 3.91. The van der Waals surface area contributed by atoms with Gasteiger partial charge in [0, 0.05) is 18.7 Å².